The molecular weight excluding hydrogens is 506 g/mol. The van der Waals surface area contributed by atoms with Crippen LogP contribution in [0.15, 0.2) is 53.3 Å². The number of nitrogens with one attached hydrogen (secondary N) is 1. The topological polar surface area (TPSA) is 71.5 Å². The first-order valence-electron chi connectivity index (χ1n) is 12.9. The molecule has 6 rings (SSSR count). The van der Waals surface area contributed by atoms with Crippen molar-refractivity contribution in [2.24, 2.45) is 29.1 Å². The third-order valence-corrected chi connectivity index (χ3v) is 9.45. The summed E-state index contributed by atoms with van der Waals surface area (Å²) < 4.78 is 6.86. The highest BCUT2D eigenvalue weighted by Crippen LogP contribution is 2.74. The van der Waals surface area contributed by atoms with E-state index < -0.39 is 0 Å². The zero-order valence-corrected chi connectivity index (χ0v) is 21.5. The zero-order chi connectivity index (χ0) is 24.0. The molecule has 3 saturated carbocycles. The molecule has 0 radical (unpaired) electrons. The van der Waals surface area contributed by atoms with Gasteiger partial charge in [-0.2, -0.15) is 0 Å². The van der Waals surface area contributed by atoms with E-state index in [0.717, 1.165) is 62.8 Å². The predicted octanol–water partition coefficient (Wildman–Crippen LogP) is 5.04. The number of aromatic nitrogens is 1. The lowest BCUT2D eigenvalue weighted by Gasteiger charge is -2.34. The third-order valence-electron chi connectivity index (χ3n) is 8.98. The quantitative estimate of drug-likeness (QED) is 0.412. The molecule has 1 spiro atoms. The second-order valence-corrected chi connectivity index (χ2v) is 11.6. The van der Waals surface area contributed by atoms with Crippen LogP contribution in [0.2, 0.25) is 0 Å². The highest BCUT2D eigenvalue weighted by Gasteiger charge is 2.72. The lowest BCUT2D eigenvalue weighted by molar-refractivity contribution is -0.162. The summed E-state index contributed by atoms with van der Waals surface area (Å²) in [5.74, 6) is -0.225. The van der Waals surface area contributed by atoms with Crippen molar-refractivity contribution in [1.82, 2.24) is 9.88 Å². The predicted molar refractivity (Wildman–Crippen MR) is 136 cm³/mol. The largest absolute Gasteiger partial charge is 0.462 e. The third kappa shape index (κ3) is 4.42. The summed E-state index contributed by atoms with van der Waals surface area (Å²) in [6, 6.07) is 14.2. The van der Waals surface area contributed by atoms with E-state index in [1.807, 2.05) is 18.2 Å². The molecule has 35 heavy (non-hydrogen) atoms. The maximum Gasteiger partial charge on any atom is 0.310 e. The van der Waals surface area contributed by atoms with Crippen molar-refractivity contribution in [1.29, 1.82) is 0 Å². The van der Waals surface area contributed by atoms with Crippen LogP contribution in [0.5, 0.6) is 0 Å². The fourth-order valence-corrected chi connectivity index (χ4v) is 7.51. The van der Waals surface area contributed by atoms with Gasteiger partial charge in [-0.1, -0.05) is 30.3 Å². The number of rotatable bonds is 6. The number of amides is 1. The van der Waals surface area contributed by atoms with Gasteiger partial charge in [-0.15, -0.1) is 0 Å². The molecule has 1 N–H and O–H groups in total. The summed E-state index contributed by atoms with van der Waals surface area (Å²) >= 11 is 3.34. The van der Waals surface area contributed by atoms with E-state index in [1.165, 1.54) is 5.56 Å². The molecule has 2 heterocycles. The van der Waals surface area contributed by atoms with Gasteiger partial charge in [0.1, 0.15) is 10.7 Å². The van der Waals surface area contributed by atoms with Crippen LogP contribution in [0, 0.1) is 29.1 Å². The van der Waals surface area contributed by atoms with E-state index in [9.17, 15) is 9.59 Å². The first kappa shape index (κ1) is 23.2. The van der Waals surface area contributed by atoms with Crippen LogP contribution in [0.3, 0.4) is 0 Å². The summed E-state index contributed by atoms with van der Waals surface area (Å²) in [6.07, 6.45) is 7.69. The number of esters is 1. The first-order chi connectivity index (χ1) is 17.0. The molecular formula is C28H32BrN3O3. The van der Waals surface area contributed by atoms with Crippen LogP contribution in [0.25, 0.3) is 0 Å². The Morgan fingerprint density at radius 1 is 1.00 bits per heavy atom. The molecule has 184 valence electrons. The highest BCUT2D eigenvalue weighted by molar-refractivity contribution is 9.10. The number of hydrogen-bond donors (Lipinski definition) is 1. The molecule has 1 aliphatic heterocycles. The number of ether oxygens (including phenoxy) is 1. The van der Waals surface area contributed by atoms with Gasteiger partial charge >= 0.3 is 5.97 Å². The number of likely N-dealkylation sites (tertiary alicyclic amines) is 1. The molecule has 2 bridgehead atoms. The Kier molecular flexibility index (Phi) is 6.17. The van der Waals surface area contributed by atoms with Gasteiger partial charge in [0.05, 0.1) is 23.7 Å². The molecule has 3 aliphatic carbocycles. The fraction of sp³-hybridized carbons (Fsp3) is 0.536. The molecule has 0 unspecified atom stereocenters. The number of carbonyl (C=O) groups is 2. The molecule has 1 aromatic carbocycles. The van der Waals surface area contributed by atoms with E-state index in [2.05, 4.69) is 55.4 Å². The fourth-order valence-electron chi connectivity index (χ4n) is 7.27. The molecule has 4 aliphatic rings. The van der Waals surface area contributed by atoms with Gasteiger partial charge in [-0.05, 0) is 89.4 Å². The molecule has 2 aromatic rings. The van der Waals surface area contributed by atoms with Crippen molar-refractivity contribution < 1.29 is 14.3 Å². The Labute approximate surface area is 215 Å². The number of nitrogens with zero attached hydrogens (tertiary/aromatic N) is 2. The minimum Gasteiger partial charge on any atom is -0.462 e. The highest BCUT2D eigenvalue weighted by atomic mass is 79.9. The Balaban J connectivity index is 1.10. The van der Waals surface area contributed by atoms with E-state index >= 15 is 0 Å². The van der Waals surface area contributed by atoms with Gasteiger partial charge in [-0.25, -0.2) is 4.98 Å². The second kappa shape index (κ2) is 9.32. The normalized spacial score (nSPS) is 29.3. The number of pyridine rings is 1. The summed E-state index contributed by atoms with van der Waals surface area (Å²) in [5.41, 5.74) is 2.18. The minimum absolute atomic E-state index is 0.0489. The van der Waals surface area contributed by atoms with Crippen molar-refractivity contribution in [2.75, 3.05) is 18.4 Å². The average molecular weight is 538 g/mol. The van der Waals surface area contributed by atoms with Crippen LogP contribution in [0.4, 0.5) is 5.69 Å². The Hall–Kier alpha value is -2.25. The summed E-state index contributed by atoms with van der Waals surface area (Å²) in [5, 5.41) is 3.04. The van der Waals surface area contributed by atoms with E-state index in [-0.39, 0.29) is 41.1 Å². The van der Waals surface area contributed by atoms with Crippen molar-refractivity contribution in [2.45, 2.75) is 51.2 Å². The Morgan fingerprint density at radius 2 is 1.71 bits per heavy atom. The standard InChI is InChI=1S/C28H32BrN3O3/c29-23-9-6-19(16-30-23)31-26(33)24-21-7-8-22(28(21)12-13-28)25(24)27(34)35-20-10-14-32(15-11-20)17-18-4-2-1-3-5-18/h1-6,9,16,20-22,24-25H,7-8,10-15,17H2,(H,31,33)/t21-,22+,24+,25+/m0/s1. The van der Waals surface area contributed by atoms with Gasteiger partial charge in [0.2, 0.25) is 5.91 Å². The number of halogens is 1. The molecule has 1 amide bonds. The molecule has 4 atom stereocenters. The van der Waals surface area contributed by atoms with E-state index in [4.69, 9.17) is 4.74 Å². The average Bonchev–Trinajstić information content (AvgIpc) is 3.54. The molecule has 4 fully saturated rings. The zero-order valence-electron chi connectivity index (χ0n) is 19.9. The number of carbonyl (C=O) groups excluding carboxylic acids is 2. The number of piperidine rings is 1. The number of benzene rings is 1. The minimum atomic E-state index is -0.318. The van der Waals surface area contributed by atoms with Crippen molar-refractivity contribution >= 4 is 33.5 Å². The van der Waals surface area contributed by atoms with Crippen molar-refractivity contribution in [3.63, 3.8) is 0 Å². The van der Waals surface area contributed by atoms with Gasteiger partial charge in [-0.3, -0.25) is 14.5 Å². The van der Waals surface area contributed by atoms with Gasteiger partial charge < -0.3 is 10.1 Å². The smallest absolute Gasteiger partial charge is 0.310 e. The van der Waals surface area contributed by atoms with Crippen LogP contribution in [0.1, 0.15) is 44.1 Å². The first-order valence-corrected chi connectivity index (χ1v) is 13.7. The maximum absolute atomic E-state index is 13.6. The summed E-state index contributed by atoms with van der Waals surface area (Å²) in [7, 11) is 0. The molecule has 6 nitrogen and oxygen atoms in total. The second-order valence-electron chi connectivity index (χ2n) is 10.8. The molecule has 7 heteroatoms. The van der Waals surface area contributed by atoms with E-state index in [0.29, 0.717) is 11.6 Å². The van der Waals surface area contributed by atoms with Crippen LogP contribution in [-0.4, -0.2) is 41.0 Å². The van der Waals surface area contributed by atoms with Crippen molar-refractivity contribution in [3.05, 3.63) is 58.8 Å². The SMILES string of the molecule is O=C(OC1CCN(Cc2ccccc2)CC1)[C@H]1[C@H](C(=O)Nc2ccc(Br)nc2)[C@@H]2CC[C@H]1C21CC1. The summed E-state index contributed by atoms with van der Waals surface area (Å²) in [4.78, 5) is 33.7. The van der Waals surface area contributed by atoms with Gasteiger partial charge in [0, 0.05) is 19.6 Å². The van der Waals surface area contributed by atoms with Crippen LogP contribution >= 0.6 is 15.9 Å². The van der Waals surface area contributed by atoms with Gasteiger partial charge in [0.25, 0.3) is 0 Å². The van der Waals surface area contributed by atoms with E-state index in [1.54, 1.807) is 6.20 Å². The Bertz CT molecular complexity index is 1080. The molecule has 1 aromatic heterocycles. The lowest BCUT2D eigenvalue weighted by atomic mass is 9.78. The number of hydrogen-bond acceptors (Lipinski definition) is 5. The van der Waals surface area contributed by atoms with Crippen molar-refractivity contribution in [3.8, 4) is 0 Å². The number of anilines is 1. The summed E-state index contributed by atoms with van der Waals surface area (Å²) in [6.45, 7) is 2.78. The molecule has 1 saturated heterocycles. The lowest BCUT2D eigenvalue weighted by Crippen LogP contribution is -2.42. The van der Waals surface area contributed by atoms with Crippen LogP contribution < -0.4 is 5.32 Å². The van der Waals surface area contributed by atoms with Gasteiger partial charge in [0.15, 0.2) is 0 Å². The Morgan fingerprint density at radius 3 is 2.37 bits per heavy atom. The van der Waals surface area contributed by atoms with Crippen LogP contribution in [-0.2, 0) is 20.9 Å². The maximum atomic E-state index is 13.6. The monoisotopic (exact) mass is 537 g/mol.